The Bertz CT molecular complexity index is 997. The van der Waals surface area contributed by atoms with Crippen molar-refractivity contribution in [3.63, 3.8) is 0 Å². The normalized spacial score (nSPS) is 19.9. The van der Waals surface area contributed by atoms with Crippen LogP contribution in [0.5, 0.6) is 0 Å². The van der Waals surface area contributed by atoms with Crippen molar-refractivity contribution in [3.05, 3.63) is 75.2 Å². The first-order chi connectivity index (χ1) is 12.6. The average molecular weight is 385 g/mol. The summed E-state index contributed by atoms with van der Waals surface area (Å²) in [6, 6.07) is 11.2. The molecule has 26 heavy (non-hydrogen) atoms. The monoisotopic (exact) mass is 384 g/mol. The summed E-state index contributed by atoms with van der Waals surface area (Å²) in [5, 5.41) is 10.7. The first-order valence-corrected chi connectivity index (χ1v) is 9.02. The van der Waals surface area contributed by atoms with E-state index in [2.05, 4.69) is 6.07 Å². The fourth-order valence-corrected chi connectivity index (χ4v) is 3.81. The number of Topliss-reactive ketones (excluding diaryl/α,β-unsaturated/α-hetero) is 1. The fourth-order valence-electron chi connectivity index (χ4n) is 3.50. The summed E-state index contributed by atoms with van der Waals surface area (Å²) < 4.78 is 7.79. The molecule has 1 aliphatic carbocycles. The molecule has 1 aromatic carbocycles. The van der Waals surface area contributed by atoms with E-state index >= 15 is 0 Å². The third kappa shape index (κ3) is 2.74. The second-order valence-electron chi connectivity index (χ2n) is 6.24. The summed E-state index contributed by atoms with van der Waals surface area (Å²) in [6.45, 7) is 0. The number of ketones is 1. The summed E-state index contributed by atoms with van der Waals surface area (Å²) in [7, 11) is 0. The predicted molar refractivity (Wildman–Crippen MR) is 99.4 cm³/mol. The van der Waals surface area contributed by atoms with E-state index in [9.17, 15) is 10.1 Å². The van der Waals surface area contributed by atoms with Gasteiger partial charge >= 0.3 is 0 Å². The van der Waals surface area contributed by atoms with Crippen LogP contribution in [0.1, 0.15) is 30.7 Å². The highest BCUT2D eigenvalue weighted by atomic mass is 35.5. The molecule has 0 spiro atoms. The standard InChI is InChI=1S/C20H14Cl2N2O2/c21-14-7-6-12(10-15(14)22)18-13(11-23)20(24-8-1-2-9-24)26-17-5-3-4-16(25)19(17)18/h1-2,6-10,18H,3-5H2/t18-/m0/s1. The second kappa shape index (κ2) is 6.68. The minimum Gasteiger partial charge on any atom is -0.443 e. The molecule has 6 heteroatoms. The molecule has 0 amide bonds. The molecule has 0 bridgehead atoms. The minimum atomic E-state index is -0.510. The van der Waals surface area contributed by atoms with E-state index in [4.69, 9.17) is 27.9 Å². The van der Waals surface area contributed by atoms with Crippen molar-refractivity contribution in [1.82, 2.24) is 4.57 Å². The molecule has 0 unspecified atom stereocenters. The van der Waals surface area contributed by atoms with Crippen molar-refractivity contribution in [3.8, 4) is 6.07 Å². The quantitative estimate of drug-likeness (QED) is 0.704. The van der Waals surface area contributed by atoms with Crippen LogP contribution >= 0.6 is 23.2 Å². The zero-order valence-corrected chi connectivity index (χ0v) is 15.2. The molecule has 0 saturated heterocycles. The van der Waals surface area contributed by atoms with Crippen LogP contribution in [0.25, 0.3) is 5.88 Å². The van der Waals surface area contributed by atoms with Crippen LogP contribution in [0.2, 0.25) is 10.0 Å². The van der Waals surface area contributed by atoms with Gasteiger partial charge in [0.15, 0.2) is 5.78 Å². The Balaban J connectivity index is 1.96. The highest BCUT2D eigenvalue weighted by molar-refractivity contribution is 6.42. The topological polar surface area (TPSA) is 55.0 Å². The molecule has 0 N–H and O–H groups in total. The Morgan fingerprint density at radius 1 is 1.15 bits per heavy atom. The third-order valence-electron chi connectivity index (χ3n) is 4.67. The Morgan fingerprint density at radius 3 is 2.62 bits per heavy atom. The van der Waals surface area contributed by atoms with E-state index in [1.807, 2.05) is 24.5 Å². The van der Waals surface area contributed by atoms with E-state index in [1.54, 1.807) is 22.8 Å². The molecule has 1 atom stereocenters. The van der Waals surface area contributed by atoms with E-state index < -0.39 is 5.92 Å². The van der Waals surface area contributed by atoms with Gasteiger partial charge in [-0.1, -0.05) is 29.3 Å². The van der Waals surface area contributed by atoms with Crippen molar-refractivity contribution in [2.24, 2.45) is 0 Å². The lowest BCUT2D eigenvalue weighted by Gasteiger charge is -2.32. The number of hydrogen-bond donors (Lipinski definition) is 0. The van der Waals surface area contributed by atoms with Crippen molar-refractivity contribution in [2.75, 3.05) is 0 Å². The Labute approximate surface area is 160 Å². The number of nitriles is 1. The zero-order chi connectivity index (χ0) is 18.3. The van der Waals surface area contributed by atoms with E-state index in [0.29, 0.717) is 45.7 Å². The second-order valence-corrected chi connectivity index (χ2v) is 7.06. The SMILES string of the molecule is N#CC1=C(n2cccc2)OC2=C(C(=O)CCC2)[C@H]1c1ccc(Cl)c(Cl)c1. The van der Waals surface area contributed by atoms with Crippen molar-refractivity contribution >= 4 is 34.9 Å². The number of aromatic nitrogens is 1. The van der Waals surface area contributed by atoms with Crippen LogP contribution in [0.4, 0.5) is 0 Å². The van der Waals surface area contributed by atoms with Gasteiger partial charge in [-0.25, -0.2) is 0 Å². The summed E-state index contributed by atoms with van der Waals surface area (Å²) in [6.07, 6.45) is 5.50. The van der Waals surface area contributed by atoms with Crippen LogP contribution < -0.4 is 0 Å². The molecule has 0 radical (unpaired) electrons. The summed E-state index contributed by atoms with van der Waals surface area (Å²) in [4.78, 5) is 12.7. The zero-order valence-electron chi connectivity index (χ0n) is 13.7. The Hall–Kier alpha value is -2.48. The molecule has 130 valence electrons. The van der Waals surface area contributed by atoms with Gasteiger partial charge in [0.1, 0.15) is 17.4 Å². The maximum absolute atomic E-state index is 12.7. The van der Waals surface area contributed by atoms with Gasteiger partial charge in [-0.05, 0) is 36.2 Å². The van der Waals surface area contributed by atoms with Gasteiger partial charge < -0.3 is 4.74 Å². The van der Waals surface area contributed by atoms with Crippen molar-refractivity contribution in [1.29, 1.82) is 5.26 Å². The molecule has 1 aromatic heterocycles. The first kappa shape index (κ1) is 17.0. The summed E-state index contributed by atoms with van der Waals surface area (Å²) in [5.41, 5.74) is 1.70. The lowest BCUT2D eigenvalue weighted by molar-refractivity contribution is -0.116. The largest absolute Gasteiger partial charge is 0.443 e. The third-order valence-corrected chi connectivity index (χ3v) is 5.41. The van der Waals surface area contributed by atoms with Crippen LogP contribution in [0.3, 0.4) is 0 Å². The summed E-state index contributed by atoms with van der Waals surface area (Å²) in [5.74, 6) is 0.576. The average Bonchev–Trinajstić information content (AvgIpc) is 3.17. The van der Waals surface area contributed by atoms with Crippen LogP contribution in [-0.4, -0.2) is 10.4 Å². The number of benzene rings is 1. The molecule has 2 aliphatic rings. The highest BCUT2D eigenvalue weighted by Crippen LogP contribution is 2.46. The van der Waals surface area contributed by atoms with E-state index in [0.717, 1.165) is 12.0 Å². The molecule has 2 heterocycles. The maximum atomic E-state index is 12.7. The number of hydrogen-bond acceptors (Lipinski definition) is 3. The van der Waals surface area contributed by atoms with Crippen molar-refractivity contribution < 1.29 is 9.53 Å². The van der Waals surface area contributed by atoms with Crippen molar-refractivity contribution in [2.45, 2.75) is 25.2 Å². The number of carbonyl (C=O) groups excluding carboxylic acids is 1. The molecular weight excluding hydrogens is 371 g/mol. The molecule has 4 rings (SSSR count). The van der Waals surface area contributed by atoms with Crippen LogP contribution in [0.15, 0.2) is 59.6 Å². The highest BCUT2D eigenvalue weighted by Gasteiger charge is 2.39. The van der Waals surface area contributed by atoms with Crippen LogP contribution in [0, 0.1) is 11.3 Å². The summed E-state index contributed by atoms with van der Waals surface area (Å²) >= 11 is 12.3. The first-order valence-electron chi connectivity index (χ1n) is 8.27. The molecule has 0 fully saturated rings. The van der Waals surface area contributed by atoms with Gasteiger partial charge in [0, 0.05) is 30.8 Å². The van der Waals surface area contributed by atoms with Gasteiger partial charge in [-0.2, -0.15) is 5.26 Å². The molecule has 1 aliphatic heterocycles. The number of nitrogens with zero attached hydrogens (tertiary/aromatic N) is 2. The van der Waals surface area contributed by atoms with Gasteiger partial charge in [0.25, 0.3) is 0 Å². The number of allylic oxidation sites excluding steroid dienone is 3. The minimum absolute atomic E-state index is 0.0154. The van der Waals surface area contributed by atoms with Gasteiger partial charge in [-0.3, -0.25) is 9.36 Å². The van der Waals surface area contributed by atoms with E-state index in [1.165, 1.54) is 0 Å². The number of ether oxygens (including phenoxy) is 1. The smallest absolute Gasteiger partial charge is 0.218 e. The van der Waals surface area contributed by atoms with Crippen LogP contribution in [-0.2, 0) is 9.53 Å². The molecular formula is C20H14Cl2N2O2. The lowest BCUT2D eigenvalue weighted by Crippen LogP contribution is -2.26. The number of halogens is 2. The van der Waals surface area contributed by atoms with E-state index in [-0.39, 0.29) is 5.78 Å². The molecule has 0 saturated carbocycles. The number of rotatable bonds is 2. The molecule has 2 aromatic rings. The lowest BCUT2D eigenvalue weighted by atomic mass is 9.77. The Kier molecular flexibility index (Phi) is 4.36. The maximum Gasteiger partial charge on any atom is 0.218 e. The fraction of sp³-hybridized carbons (Fsp3) is 0.200. The van der Waals surface area contributed by atoms with Gasteiger partial charge in [0.2, 0.25) is 5.88 Å². The predicted octanol–water partition coefficient (Wildman–Crippen LogP) is 5.31. The Morgan fingerprint density at radius 2 is 1.92 bits per heavy atom. The van der Waals surface area contributed by atoms with Gasteiger partial charge in [0.05, 0.1) is 16.0 Å². The molecule has 4 nitrogen and oxygen atoms in total. The van der Waals surface area contributed by atoms with Gasteiger partial charge in [-0.15, -0.1) is 0 Å². The number of carbonyl (C=O) groups is 1.